The van der Waals surface area contributed by atoms with Crippen LogP contribution in [-0.4, -0.2) is 27.9 Å². The summed E-state index contributed by atoms with van der Waals surface area (Å²) < 4.78 is 1.77. The fraction of sp³-hybridized carbons (Fsp3) is 0.692. The molecule has 1 amide bonds. The lowest BCUT2D eigenvalue weighted by atomic mass is 9.80. The number of alkyl halides is 1. The lowest BCUT2D eigenvalue weighted by Gasteiger charge is -2.30. The summed E-state index contributed by atoms with van der Waals surface area (Å²) in [6.45, 7) is 0.715. The standard InChI is InChI=1S/C13H20ClN3O/c1-17-8-12(16-9-17)13(18)15-7-11-5-3-2-4-10(11)6-14/h8-11H,2-7H2,1H3,(H,15,18). The summed E-state index contributed by atoms with van der Waals surface area (Å²) >= 11 is 5.98. The molecule has 1 N–H and O–H groups in total. The van der Waals surface area contributed by atoms with Gasteiger partial charge in [-0.05, 0) is 24.7 Å². The van der Waals surface area contributed by atoms with Crippen LogP contribution in [-0.2, 0) is 7.05 Å². The van der Waals surface area contributed by atoms with E-state index in [1.54, 1.807) is 17.1 Å². The Labute approximate surface area is 113 Å². The molecule has 0 spiro atoms. The number of carbonyl (C=O) groups excluding carboxylic acids is 1. The predicted octanol–water partition coefficient (Wildman–Crippen LogP) is 2.20. The molecule has 5 heteroatoms. The number of carbonyl (C=O) groups is 1. The highest BCUT2D eigenvalue weighted by Gasteiger charge is 2.24. The molecule has 2 atom stereocenters. The zero-order chi connectivity index (χ0) is 13.0. The number of nitrogens with one attached hydrogen (secondary N) is 1. The molecule has 1 aromatic rings. The number of nitrogens with zero attached hydrogens (tertiary/aromatic N) is 2. The van der Waals surface area contributed by atoms with Crippen molar-refractivity contribution in [2.24, 2.45) is 18.9 Å². The maximum atomic E-state index is 11.9. The third kappa shape index (κ3) is 3.25. The Morgan fingerprint density at radius 2 is 2.22 bits per heavy atom. The molecule has 1 aliphatic rings. The van der Waals surface area contributed by atoms with Crippen molar-refractivity contribution in [3.8, 4) is 0 Å². The molecule has 1 heterocycles. The molecule has 18 heavy (non-hydrogen) atoms. The zero-order valence-electron chi connectivity index (χ0n) is 10.7. The van der Waals surface area contributed by atoms with E-state index in [4.69, 9.17) is 11.6 Å². The van der Waals surface area contributed by atoms with Gasteiger partial charge in [0.2, 0.25) is 0 Å². The van der Waals surface area contributed by atoms with Crippen LogP contribution >= 0.6 is 11.6 Å². The second-order valence-electron chi connectivity index (χ2n) is 5.09. The summed E-state index contributed by atoms with van der Waals surface area (Å²) in [7, 11) is 1.86. The van der Waals surface area contributed by atoms with Crippen molar-refractivity contribution in [1.29, 1.82) is 0 Å². The summed E-state index contributed by atoms with van der Waals surface area (Å²) in [4.78, 5) is 15.9. The lowest BCUT2D eigenvalue weighted by Crippen LogP contribution is -2.35. The Morgan fingerprint density at radius 3 is 2.83 bits per heavy atom. The van der Waals surface area contributed by atoms with Crippen molar-refractivity contribution in [3.63, 3.8) is 0 Å². The van der Waals surface area contributed by atoms with E-state index in [2.05, 4.69) is 10.3 Å². The third-order valence-electron chi connectivity index (χ3n) is 3.73. The zero-order valence-corrected chi connectivity index (χ0v) is 11.5. The molecule has 2 unspecified atom stereocenters. The van der Waals surface area contributed by atoms with Gasteiger partial charge in [-0.2, -0.15) is 0 Å². The lowest BCUT2D eigenvalue weighted by molar-refractivity contribution is 0.0932. The van der Waals surface area contributed by atoms with Crippen LogP contribution < -0.4 is 5.32 Å². The van der Waals surface area contributed by atoms with Crippen LogP contribution in [0.5, 0.6) is 0 Å². The molecule has 1 saturated carbocycles. The smallest absolute Gasteiger partial charge is 0.271 e. The van der Waals surface area contributed by atoms with Crippen LogP contribution in [0, 0.1) is 11.8 Å². The monoisotopic (exact) mass is 269 g/mol. The molecular weight excluding hydrogens is 250 g/mol. The van der Waals surface area contributed by atoms with Gasteiger partial charge in [-0.15, -0.1) is 11.6 Å². The highest BCUT2D eigenvalue weighted by Crippen LogP contribution is 2.30. The van der Waals surface area contributed by atoms with Crippen LogP contribution in [0.1, 0.15) is 36.2 Å². The minimum absolute atomic E-state index is 0.0884. The Bertz CT molecular complexity index is 405. The number of aryl methyl sites for hydroxylation is 1. The molecule has 1 aliphatic carbocycles. The van der Waals surface area contributed by atoms with Crippen LogP contribution in [0.15, 0.2) is 12.5 Å². The number of rotatable bonds is 4. The maximum absolute atomic E-state index is 11.9. The molecule has 1 aromatic heterocycles. The molecule has 2 rings (SSSR count). The maximum Gasteiger partial charge on any atom is 0.271 e. The van der Waals surface area contributed by atoms with Crippen LogP contribution in [0.3, 0.4) is 0 Å². The van der Waals surface area contributed by atoms with Gasteiger partial charge in [0, 0.05) is 25.7 Å². The van der Waals surface area contributed by atoms with E-state index in [1.807, 2.05) is 7.05 Å². The molecule has 0 saturated heterocycles. The summed E-state index contributed by atoms with van der Waals surface area (Å²) in [5.74, 6) is 1.67. The van der Waals surface area contributed by atoms with E-state index in [-0.39, 0.29) is 5.91 Å². The van der Waals surface area contributed by atoms with Crippen molar-refractivity contribution in [3.05, 3.63) is 18.2 Å². The second-order valence-corrected chi connectivity index (χ2v) is 5.40. The van der Waals surface area contributed by atoms with Gasteiger partial charge in [-0.1, -0.05) is 12.8 Å². The van der Waals surface area contributed by atoms with Crippen LogP contribution in [0.4, 0.5) is 0 Å². The van der Waals surface area contributed by atoms with Crippen molar-refractivity contribution < 1.29 is 4.79 Å². The van der Waals surface area contributed by atoms with Gasteiger partial charge >= 0.3 is 0 Å². The van der Waals surface area contributed by atoms with E-state index in [0.717, 1.165) is 0 Å². The Balaban J connectivity index is 1.85. The predicted molar refractivity (Wildman–Crippen MR) is 71.7 cm³/mol. The number of hydrogen-bond acceptors (Lipinski definition) is 2. The van der Waals surface area contributed by atoms with E-state index in [1.165, 1.54) is 25.7 Å². The van der Waals surface area contributed by atoms with Gasteiger partial charge < -0.3 is 9.88 Å². The van der Waals surface area contributed by atoms with Gasteiger partial charge in [-0.3, -0.25) is 4.79 Å². The third-order valence-corrected chi connectivity index (χ3v) is 4.12. The first-order chi connectivity index (χ1) is 8.70. The Hall–Kier alpha value is -1.03. The van der Waals surface area contributed by atoms with E-state index >= 15 is 0 Å². The van der Waals surface area contributed by atoms with Gasteiger partial charge in [0.1, 0.15) is 5.69 Å². The number of imidazole rings is 1. The Kier molecular flexibility index (Phi) is 4.64. The first-order valence-electron chi connectivity index (χ1n) is 6.53. The summed E-state index contributed by atoms with van der Waals surface area (Å²) in [6, 6.07) is 0. The minimum Gasteiger partial charge on any atom is -0.350 e. The van der Waals surface area contributed by atoms with Crippen molar-refractivity contribution in [1.82, 2.24) is 14.9 Å². The number of halogens is 1. The van der Waals surface area contributed by atoms with Gasteiger partial charge in [0.15, 0.2) is 0 Å². The van der Waals surface area contributed by atoms with Crippen molar-refractivity contribution in [2.75, 3.05) is 12.4 Å². The fourth-order valence-corrected chi connectivity index (χ4v) is 3.01. The average molecular weight is 270 g/mol. The van der Waals surface area contributed by atoms with Crippen molar-refractivity contribution >= 4 is 17.5 Å². The fourth-order valence-electron chi connectivity index (χ4n) is 2.60. The van der Waals surface area contributed by atoms with Crippen molar-refractivity contribution in [2.45, 2.75) is 25.7 Å². The second kappa shape index (κ2) is 6.23. The minimum atomic E-state index is -0.0884. The first kappa shape index (κ1) is 13.4. The highest BCUT2D eigenvalue weighted by molar-refractivity contribution is 6.18. The summed E-state index contributed by atoms with van der Waals surface area (Å²) in [5.41, 5.74) is 0.482. The summed E-state index contributed by atoms with van der Waals surface area (Å²) in [5, 5.41) is 2.97. The topological polar surface area (TPSA) is 46.9 Å². The Morgan fingerprint density at radius 1 is 1.50 bits per heavy atom. The van der Waals surface area contributed by atoms with E-state index in [9.17, 15) is 4.79 Å². The SMILES string of the molecule is Cn1cnc(C(=O)NCC2CCCCC2CCl)c1. The highest BCUT2D eigenvalue weighted by atomic mass is 35.5. The molecule has 100 valence electrons. The van der Waals surface area contributed by atoms with E-state index < -0.39 is 0 Å². The normalized spacial score (nSPS) is 23.9. The van der Waals surface area contributed by atoms with Gasteiger partial charge in [0.25, 0.3) is 5.91 Å². The number of aromatic nitrogens is 2. The molecule has 0 radical (unpaired) electrons. The van der Waals surface area contributed by atoms with Crippen LogP contribution in [0.2, 0.25) is 0 Å². The summed E-state index contributed by atoms with van der Waals surface area (Å²) in [6.07, 6.45) is 8.24. The molecular formula is C13H20ClN3O. The first-order valence-corrected chi connectivity index (χ1v) is 7.06. The number of hydrogen-bond donors (Lipinski definition) is 1. The van der Waals surface area contributed by atoms with Gasteiger partial charge in [0.05, 0.1) is 6.33 Å². The molecule has 0 aliphatic heterocycles. The average Bonchev–Trinajstić information content (AvgIpc) is 2.83. The van der Waals surface area contributed by atoms with E-state index in [0.29, 0.717) is 30.0 Å². The largest absolute Gasteiger partial charge is 0.350 e. The number of amides is 1. The van der Waals surface area contributed by atoms with Crippen LogP contribution in [0.25, 0.3) is 0 Å². The molecule has 0 aromatic carbocycles. The molecule has 4 nitrogen and oxygen atoms in total. The van der Waals surface area contributed by atoms with Gasteiger partial charge in [-0.25, -0.2) is 4.98 Å². The molecule has 0 bridgehead atoms. The quantitative estimate of drug-likeness (QED) is 0.852. The molecule has 1 fully saturated rings.